The molecule has 0 heterocycles. The third-order valence-corrected chi connectivity index (χ3v) is 3.72. The van der Waals surface area contributed by atoms with Gasteiger partial charge in [0.15, 0.2) is 0 Å². The summed E-state index contributed by atoms with van der Waals surface area (Å²) >= 11 is 0. The van der Waals surface area contributed by atoms with Crippen LogP contribution >= 0.6 is 0 Å². The molecular weight excluding hydrogens is 272 g/mol. The molecule has 3 heteroatoms. The molecule has 0 saturated carbocycles. The molecule has 0 radical (unpaired) electrons. The normalized spacial score (nSPS) is 10.3. The molecule has 116 valence electrons. The topological polar surface area (TPSA) is 41.1 Å². The van der Waals surface area contributed by atoms with Crippen LogP contribution in [0.2, 0.25) is 0 Å². The minimum Gasteiger partial charge on any atom is -0.385 e. The van der Waals surface area contributed by atoms with E-state index >= 15 is 0 Å². The van der Waals surface area contributed by atoms with Gasteiger partial charge in [0.1, 0.15) is 0 Å². The Balaban J connectivity index is 1.92. The fraction of sp³-hybridized carbons (Fsp3) is 0.316. The standard InChI is InChI=1S/C19H24N2O/c1-3-15-9-8-10-16(4-2)19(15)21-18(22)13-14-20-17-11-6-5-7-12-17/h5-12,20H,3-4,13-14H2,1-2H3,(H,21,22). The third-order valence-electron chi connectivity index (χ3n) is 3.72. The second kappa shape index (κ2) is 8.23. The monoisotopic (exact) mass is 296 g/mol. The number of carbonyl (C=O) groups is 1. The van der Waals surface area contributed by atoms with Crippen molar-refractivity contribution in [2.45, 2.75) is 33.1 Å². The zero-order valence-electron chi connectivity index (χ0n) is 13.4. The average Bonchev–Trinajstić information content (AvgIpc) is 2.56. The molecular formula is C19H24N2O. The first kappa shape index (κ1) is 16.1. The molecule has 3 nitrogen and oxygen atoms in total. The van der Waals surface area contributed by atoms with Crippen molar-refractivity contribution in [3.05, 3.63) is 59.7 Å². The predicted molar refractivity (Wildman–Crippen MR) is 93.4 cm³/mol. The summed E-state index contributed by atoms with van der Waals surface area (Å²) in [5, 5.41) is 6.35. The third kappa shape index (κ3) is 4.35. The Kier molecular flexibility index (Phi) is 6.01. The maximum absolute atomic E-state index is 12.2. The zero-order chi connectivity index (χ0) is 15.8. The molecule has 2 aromatic carbocycles. The molecule has 0 saturated heterocycles. The van der Waals surface area contributed by atoms with E-state index in [1.54, 1.807) is 0 Å². The number of nitrogens with one attached hydrogen (secondary N) is 2. The number of para-hydroxylation sites is 2. The highest BCUT2D eigenvalue weighted by molar-refractivity contribution is 5.92. The lowest BCUT2D eigenvalue weighted by Crippen LogP contribution is -2.18. The Morgan fingerprint density at radius 2 is 1.55 bits per heavy atom. The maximum atomic E-state index is 12.2. The molecule has 2 rings (SSSR count). The van der Waals surface area contributed by atoms with Crippen LogP contribution in [0.15, 0.2) is 48.5 Å². The Morgan fingerprint density at radius 3 is 2.14 bits per heavy atom. The average molecular weight is 296 g/mol. The van der Waals surface area contributed by atoms with Crippen LogP contribution in [-0.2, 0) is 17.6 Å². The number of hydrogen-bond donors (Lipinski definition) is 2. The van der Waals surface area contributed by atoms with Crippen LogP contribution in [0, 0.1) is 0 Å². The zero-order valence-corrected chi connectivity index (χ0v) is 13.4. The van der Waals surface area contributed by atoms with Gasteiger partial charge in [-0.3, -0.25) is 4.79 Å². The van der Waals surface area contributed by atoms with Crippen molar-refractivity contribution in [1.29, 1.82) is 0 Å². The van der Waals surface area contributed by atoms with Crippen LogP contribution in [-0.4, -0.2) is 12.5 Å². The summed E-state index contributed by atoms with van der Waals surface area (Å²) in [6, 6.07) is 16.2. The van der Waals surface area contributed by atoms with Gasteiger partial charge in [-0.2, -0.15) is 0 Å². The molecule has 0 aliphatic rings. The SMILES string of the molecule is CCc1cccc(CC)c1NC(=O)CCNc1ccccc1. The van der Waals surface area contributed by atoms with Crippen molar-refractivity contribution in [2.75, 3.05) is 17.2 Å². The molecule has 1 amide bonds. The summed E-state index contributed by atoms with van der Waals surface area (Å²) in [6.07, 6.45) is 2.30. The smallest absolute Gasteiger partial charge is 0.226 e. The van der Waals surface area contributed by atoms with Crippen LogP contribution in [0.3, 0.4) is 0 Å². The number of hydrogen-bond acceptors (Lipinski definition) is 2. The van der Waals surface area contributed by atoms with E-state index in [2.05, 4.69) is 42.7 Å². The van der Waals surface area contributed by atoms with Crippen LogP contribution in [0.5, 0.6) is 0 Å². The lowest BCUT2D eigenvalue weighted by atomic mass is 10.0. The Labute approximate surface area is 132 Å². The van der Waals surface area contributed by atoms with E-state index in [-0.39, 0.29) is 5.91 Å². The van der Waals surface area contributed by atoms with Gasteiger partial charge < -0.3 is 10.6 Å². The first-order valence-corrected chi connectivity index (χ1v) is 7.94. The Morgan fingerprint density at radius 1 is 0.909 bits per heavy atom. The van der Waals surface area contributed by atoms with E-state index in [9.17, 15) is 4.79 Å². The molecule has 2 aromatic rings. The van der Waals surface area contributed by atoms with E-state index in [0.717, 1.165) is 24.2 Å². The number of anilines is 2. The van der Waals surface area contributed by atoms with Gasteiger partial charge in [0.2, 0.25) is 5.91 Å². The van der Waals surface area contributed by atoms with Gasteiger partial charge in [0.25, 0.3) is 0 Å². The minimum absolute atomic E-state index is 0.0547. The van der Waals surface area contributed by atoms with E-state index < -0.39 is 0 Å². The molecule has 0 unspecified atom stereocenters. The molecule has 22 heavy (non-hydrogen) atoms. The predicted octanol–water partition coefficient (Wildman–Crippen LogP) is 4.25. The van der Waals surface area contributed by atoms with Gasteiger partial charge in [-0.25, -0.2) is 0 Å². The van der Waals surface area contributed by atoms with Crippen LogP contribution in [0.1, 0.15) is 31.4 Å². The summed E-state index contributed by atoms with van der Waals surface area (Å²) in [5.74, 6) is 0.0547. The molecule has 0 aromatic heterocycles. The van der Waals surface area contributed by atoms with Gasteiger partial charge in [0.05, 0.1) is 0 Å². The van der Waals surface area contributed by atoms with Gasteiger partial charge in [-0.05, 0) is 36.1 Å². The number of aryl methyl sites for hydroxylation is 2. The fourth-order valence-electron chi connectivity index (χ4n) is 2.48. The molecule has 0 fully saturated rings. The molecule has 0 spiro atoms. The largest absolute Gasteiger partial charge is 0.385 e. The van der Waals surface area contributed by atoms with Gasteiger partial charge in [-0.1, -0.05) is 50.2 Å². The molecule has 0 aliphatic carbocycles. The lowest BCUT2D eigenvalue weighted by Gasteiger charge is -2.14. The summed E-state index contributed by atoms with van der Waals surface area (Å²) < 4.78 is 0. The van der Waals surface area contributed by atoms with Crippen molar-refractivity contribution in [3.8, 4) is 0 Å². The fourth-order valence-corrected chi connectivity index (χ4v) is 2.48. The molecule has 0 aliphatic heterocycles. The molecule has 2 N–H and O–H groups in total. The van der Waals surface area contributed by atoms with Crippen LogP contribution in [0.4, 0.5) is 11.4 Å². The van der Waals surface area contributed by atoms with E-state index in [1.165, 1.54) is 11.1 Å². The molecule has 0 bridgehead atoms. The van der Waals surface area contributed by atoms with Crippen molar-refractivity contribution in [2.24, 2.45) is 0 Å². The maximum Gasteiger partial charge on any atom is 0.226 e. The van der Waals surface area contributed by atoms with Gasteiger partial charge >= 0.3 is 0 Å². The van der Waals surface area contributed by atoms with Crippen molar-refractivity contribution in [3.63, 3.8) is 0 Å². The highest BCUT2D eigenvalue weighted by atomic mass is 16.1. The lowest BCUT2D eigenvalue weighted by molar-refractivity contribution is -0.115. The van der Waals surface area contributed by atoms with E-state index in [1.807, 2.05) is 30.3 Å². The highest BCUT2D eigenvalue weighted by Gasteiger charge is 2.09. The second-order valence-electron chi connectivity index (χ2n) is 5.25. The highest BCUT2D eigenvalue weighted by Crippen LogP contribution is 2.22. The van der Waals surface area contributed by atoms with Crippen LogP contribution in [0.25, 0.3) is 0 Å². The number of benzene rings is 2. The first-order chi connectivity index (χ1) is 10.7. The number of carbonyl (C=O) groups excluding carboxylic acids is 1. The number of amides is 1. The van der Waals surface area contributed by atoms with Crippen LogP contribution < -0.4 is 10.6 Å². The van der Waals surface area contributed by atoms with Crippen molar-refractivity contribution in [1.82, 2.24) is 0 Å². The molecule has 0 atom stereocenters. The Hall–Kier alpha value is -2.29. The van der Waals surface area contributed by atoms with Gasteiger partial charge in [-0.15, -0.1) is 0 Å². The number of rotatable bonds is 7. The van der Waals surface area contributed by atoms with Crippen molar-refractivity contribution < 1.29 is 4.79 Å². The second-order valence-corrected chi connectivity index (χ2v) is 5.25. The van der Waals surface area contributed by atoms with E-state index in [4.69, 9.17) is 0 Å². The minimum atomic E-state index is 0.0547. The first-order valence-electron chi connectivity index (χ1n) is 7.94. The quantitative estimate of drug-likeness (QED) is 0.802. The Bertz CT molecular complexity index is 586. The van der Waals surface area contributed by atoms with Crippen molar-refractivity contribution >= 4 is 17.3 Å². The van der Waals surface area contributed by atoms with Gasteiger partial charge in [0, 0.05) is 24.3 Å². The summed E-state index contributed by atoms with van der Waals surface area (Å²) in [7, 11) is 0. The summed E-state index contributed by atoms with van der Waals surface area (Å²) in [6.45, 7) is 4.86. The van der Waals surface area contributed by atoms with E-state index in [0.29, 0.717) is 13.0 Å². The summed E-state index contributed by atoms with van der Waals surface area (Å²) in [4.78, 5) is 12.2. The summed E-state index contributed by atoms with van der Waals surface area (Å²) in [5.41, 5.74) is 4.43.